The Morgan fingerprint density at radius 1 is 0.966 bits per heavy atom. The molecule has 2 N–H and O–H groups in total. The first-order valence-electron chi connectivity index (χ1n) is 9.34. The summed E-state index contributed by atoms with van der Waals surface area (Å²) >= 11 is 0. The molecule has 29 heavy (non-hydrogen) atoms. The Balaban J connectivity index is 1.42. The number of hydrogen-bond donors (Lipinski definition) is 2. The van der Waals surface area contributed by atoms with Crippen LogP contribution in [0.25, 0.3) is 11.4 Å². The van der Waals surface area contributed by atoms with E-state index in [0.717, 1.165) is 16.8 Å². The molecule has 0 aliphatic rings. The van der Waals surface area contributed by atoms with Crippen LogP contribution in [0.3, 0.4) is 0 Å². The van der Waals surface area contributed by atoms with E-state index in [2.05, 4.69) is 30.5 Å². The minimum atomic E-state index is -0.112. The fraction of sp³-hybridized carbons (Fsp3) is 0.136. The van der Waals surface area contributed by atoms with Crippen molar-refractivity contribution in [3.05, 3.63) is 96.3 Å². The minimum Gasteiger partial charge on any atom is -0.349 e. The molecule has 0 saturated heterocycles. The Bertz CT molecular complexity index is 1010. The summed E-state index contributed by atoms with van der Waals surface area (Å²) in [6, 6.07) is 19.4. The van der Waals surface area contributed by atoms with Crippen molar-refractivity contribution in [2.75, 3.05) is 0 Å². The van der Waals surface area contributed by atoms with E-state index in [9.17, 15) is 4.79 Å². The Morgan fingerprint density at radius 2 is 1.76 bits per heavy atom. The summed E-state index contributed by atoms with van der Waals surface area (Å²) < 4.78 is 0. The number of aromatic nitrogens is 5. The van der Waals surface area contributed by atoms with E-state index in [-0.39, 0.29) is 18.4 Å². The number of carbonyl (C=O) groups excluding carboxylic acids is 1. The number of carbonyl (C=O) groups is 1. The van der Waals surface area contributed by atoms with E-state index < -0.39 is 0 Å². The molecule has 0 bridgehead atoms. The van der Waals surface area contributed by atoms with Gasteiger partial charge < -0.3 is 5.32 Å². The molecule has 1 aromatic carbocycles. The number of hydrogen-bond acceptors (Lipinski definition) is 5. The van der Waals surface area contributed by atoms with Gasteiger partial charge in [0.1, 0.15) is 5.82 Å². The van der Waals surface area contributed by atoms with E-state index >= 15 is 0 Å². The maximum Gasteiger partial charge on any atom is 0.221 e. The average Bonchev–Trinajstić information content (AvgIpc) is 3.27. The quantitative estimate of drug-likeness (QED) is 0.510. The number of benzene rings is 1. The number of amides is 1. The van der Waals surface area contributed by atoms with Gasteiger partial charge in [-0.25, -0.2) is 4.98 Å². The van der Waals surface area contributed by atoms with Gasteiger partial charge in [-0.3, -0.25) is 19.9 Å². The molecule has 4 aromatic rings. The average molecular weight is 384 g/mol. The molecular formula is C22H20N6O. The molecule has 0 fully saturated rings. The highest BCUT2D eigenvalue weighted by Crippen LogP contribution is 2.26. The minimum absolute atomic E-state index is 0.0774. The van der Waals surface area contributed by atoms with Crippen LogP contribution < -0.4 is 5.32 Å². The highest BCUT2D eigenvalue weighted by Gasteiger charge is 2.19. The summed E-state index contributed by atoms with van der Waals surface area (Å²) in [6.45, 7) is 0.278. The van der Waals surface area contributed by atoms with Crippen molar-refractivity contribution in [2.24, 2.45) is 0 Å². The molecule has 1 amide bonds. The van der Waals surface area contributed by atoms with Gasteiger partial charge in [0.15, 0.2) is 5.82 Å². The number of nitrogens with one attached hydrogen (secondary N) is 2. The van der Waals surface area contributed by atoms with Crippen molar-refractivity contribution in [3.8, 4) is 11.4 Å². The van der Waals surface area contributed by atoms with Crippen molar-refractivity contribution >= 4 is 5.91 Å². The third kappa shape index (κ3) is 4.70. The van der Waals surface area contributed by atoms with Crippen LogP contribution in [0.1, 0.15) is 29.4 Å². The molecule has 144 valence electrons. The van der Waals surface area contributed by atoms with Crippen LogP contribution in [0, 0.1) is 0 Å². The fourth-order valence-electron chi connectivity index (χ4n) is 3.10. The largest absolute Gasteiger partial charge is 0.349 e. The van der Waals surface area contributed by atoms with Crippen LogP contribution in [0.4, 0.5) is 0 Å². The van der Waals surface area contributed by atoms with Gasteiger partial charge in [-0.2, -0.15) is 5.10 Å². The highest BCUT2D eigenvalue weighted by molar-refractivity contribution is 5.77. The van der Waals surface area contributed by atoms with Crippen molar-refractivity contribution < 1.29 is 4.79 Å². The SMILES string of the molecule is O=C(CC(c1ccccc1)c1ccccn1)NCc1nc(-c2ccncc2)n[nH]1. The predicted octanol–water partition coefficient (Wildman–Crippen LogP) is 3.10. The van der Waals surface area contributed by atoms with E-state index in [1.165, 1.54) is 0 Å². The molecule has 7 heteroatoms. The van der Waals surface area contributed by atoms with Crippen LogP contribution in [0.15, 0.2) is 79.3 Å². The second-order valence-corrected chi connectivity index (χ2v) is 6.54. The maximum absolute atomic E-state index is 12.6. The van der Waals surface area contributed by atoms with Gasteiger partial charge in [0, 0.05) is 42.2 Å². The van der Waals surface area contributed by atoms with Gasteiger partial charge in [-0.05, 0) is 29.8 Å². The molecule has 0 spiro atoms. The van der Waals surface area contributed by atoms with Gasteiger partial charge in [-0.1, -0.05) is 36.4 Å². The van der Waals surface area contributed by atoms with Gasteiger partial charge >= 0.3 is 0 Å². The van der Waals surface area contributed by atoms with Crippen molar-refractivity contribution in [2.45, 2.75) is 18.9 Å². The molecule has 1 unspecified atom stereocenters. The number of pyridine rings is 2. The zero-order valence-corrected chi connectivity index (χ0v) is 15.7. The second-order valence-electron chi connectivity index (χ2n) is 6.54. The second kappa shape index (κ2) is 8.88. The third-order valence-electron chi connectivity index (χ3n) is 4.56. The van der Waals surface area contributed by atoms with E-state index in [4.69, 9.17) is 0 Å². The Kier molecular flexibility index (Phi) is 5.66. The lowest BCUT2D eigenvalue weighted by Crippen LogP contribution is -2.25. The molecule has 0 aliphatic carbocycles. The first-order chi connectivity index (χ1) is 14.3. The fourth-order valence-corrected chi connectivity index (χ4v) is 3.10. The predicted molar refractivity (Wildman–Crippen MR) is 109 cm³/mol. The maximum atomic E-state index is 12.6. The van der Waals surface area contributed by atoms with Crippen molar-refractivity contribution in [1.29, 1.82) is 0 Å². The monoisotopic (exact) mass is 384 g/mol. The number of rotatable bonds is 7. The normalized spacial score (nSPS) is 11.7. The van der Waals surface area contributed by atoms with E-state index in [0.29, 0.717) is 18.1 Å². The number of aromatic amines is 1. The van der Waals surface area contributed by atoms with Crippen LogP contribution in [0.2, 0.25) is 0 Å². The van der Waals surface area contributed by atoms with Crippen LogP contribution in [-0.2, 0) is 11.3 Å². The first-order valence-corrected chi connectivity index (χ1v) is 9.34. The Hall–Kier alpha value is -3.87. The molecular weight excluding hydrogens is 364 g/mol. The van der Waals surface area contributed by atoms with Crippen molar-refractivity contribution in [3.63, 3.8) is 0 Å². The molecule has 4 rings (SSSR count). The molecule has 0 aliphatic heterocycles. The van der Waals surface area contributed by atoms with Gasteiger partial charge in [0.05, 0.1) is 6.54 Å². The van der Waals surface area contributed by atoms with Crippen molar-refractivity contribution in [1.82, 2.24) is 30.5 Å². The molecule has 0 radical (unpaired) electrons. The van der Waals surface area contributed by atoms with Gasteiger partial charge in [-0.15, -0.1) is 0 Å². The third-order valence-corrected chi connectivity index (χ3v) is 4.56. The first kappa shape index (κ1) is 18.5. The summed E-state index contributed by atoms with van der Waals surface area (Å²) in [4.78, 5) is 25.5. The van der Waals surface area contributed by atoms with E-state index in [1.807, 2.05) is 60.7 Å². The lowest BCUT2D eigenvalue weighted by molar-refractivity contribution is -0.121. The Morgan fingerprint density at radius 3 is 2.52 bits per heavy atom. The van der Waals surface area contributed by atoms with Crippen LogP contribution in [-0.4, -0.2) is 31.1 Å². The molecule has 3 aromatic heterocycles. The summed E-state index contributed by atoms with van der Waals surface area (Å²) in [7, 11) is 0. The highest BCUT2D eigenvalue weighted by atomic mass is 16.1. The smallest absolute Gasteiger partial charge is 0.221 e. The molecule has 1 atom stereocenters. The van der Waals surface area contributed by atoms with Gasteiger partial charge in [0.25, 0.3) is 0 Å². The zero-order valence-electron chi connectivity index (χ0n) is 15.7. The summed E-state index contributed by atoms with van der Waals surface area (Å²) in [6.07, 6.45) is 5.42. The standard InChI is InChI=1S/C22H20N6O/c29-21(25-15-20-26-22(28-27-20)17-9-12-23-13-10-17)14-18(16-6-2-1-3-7-16)19-8-4-5-11-24-19/h1-13,18H,14-15H2,(H,25,29)(H,26,27,28). The molecule has 7 nitrogen and oxygen atoms in total. The zero-order chi connectivity index (χ0) is 19.9. The number of H-pyrrole nitrogens is 1. The van der Waals surface area contributed by atoms with Gasteiger partial charge in [0.2, 0.25) is 5.91 Å². The number of nitrogens with zero attached hydrogens (tertiary/aromatic N) is 4. The summed E-state index contributed by atoms with van der Waals surface area (Å²) in [5, 5.41) is 9.98. The lowest BCUT2D eigenvalue weighted by atomic mass is 9.91. The lowest BCUT2D eigenvalue weighted by Gasteiger charge is -2.16. The Labute approximate surface area is 168 Å². The van der Waals surface area contributed by atoms with E-state index in [1.54, 1.807) is 18.6 Å². The van der Waals surface area contributed by atoms with Crippen LogP contribution >= 0.6 is 0 Å². The summed E-state index contributed by atoms with van der Waals surface area (Å²) in [5.41, 5.74) is 2.79. The summed E-state index contributed by atoms with van der Waals surface area (Å²) in [5.74, 6) is 0.984. The molecule has 0 saturated carbocycles. The van der Waals surface area contributed by atoms with Crippen LogP contribution in [0.5, 0.6) is 0 Å². The molecule has 3 heterocycles. The topological polar surface area (TPSA) is 96.5 Å².